The van der Waals surface area contributed by atoms with Gasteiger partial charge in [0.1, 0.15) is 0 Å². The van der Waals surface area contributed by atoms with Crippen molar-refractivity contribution in [3.63, 3.8) is 0 Å². The van der Waals surface area contributed by atoms with Gasteiger partial charge in [0.05, 0.1) is 5.56 Å². The Hall–Kier alpha value is -1.36. The van der Waals surface area contributed by atoms with Crippen LogP contribution >= 0.6 is 11.3 Å². The summed E-state index contributed by atoms with van der Waals surface area (Å²) in [5.41, 5.74) is 0.403. The molecule has 5 heteroatoms. The molecule has 0 radical (unpaired) electrons. The van der Waals surface area contributed by atoms with Crippen LogP contribution in [0.4, 0.5) is 0 Å². The highest BCUT2D eigenvalue weighted by Gasteiger charge is 2.30. The van der Waals surface area contributed by atoms with Gasteiger partial charge in [-0.1, -0.05) is 20.8 Å². The Morgan fingerprint density at radius 2 is 1.68 bits per heavy atom. The van der Waals surface area contributed by atoms with Crippen molar-refractivity contribution < 1.29 is 9.59 Å². The highest BCUT2D eigenvalue weighted by molar-refractivity contribution is 7.08. The number of nitrogens with zero attached hydrogens (tertiary/aromatic N) is 2. The summed E-state index contributed by atoms with van der Waals surface area (Å²) in [6, 6.07) is 1.85. The second-order valence-electron chi connectivity index (χ2n) is 5.85. The molecule has 0 aromatic carbocycles. The number of amides is 2. The summed E-state index contributed by atoms with van der Waals surface area (Å²) < 4.78 is 0. The van der Waals surface area contributed by atoms with E-state index in [1.807, 2.05) is 47.4 Å². The van der Waals surface area contributed by atoms with Crippen LogP contribution in [0.2, 0.25) is 0 Å². The third-order valence-electron chi connectivity index (χ3n) is 3.26. The van der Waals surface area contributed by atoms with Crippen LogP contribution in [0.15, 0.2) is 16.8 Å². The number of carbonyl (C=O) groups excluding carboxylic acids is 2. The van der Waals surface area contributed by atoms with E-state index in [-0.39, 0.29) is 17.2 Å². The number of hydrogen-bond acceptors (Lipinski definition) is 3. The van der Waals surface area contributed by atoms with Crippen molar-refractivity contribution in [1.29, 1.82) is 0 Å². The number of carbonyl (C=O) groups is 2. The predicted molar refractivity (Wildman–Crippen MR) is 76.3 cm³/mol. The molecule has 2 rings (SSSR count). The van der Waals surface area contributed by atoms with Gasteiger partial charge in [0.25, 0.3) is 5.91 Å². The summed E-state index contributed by atoms with van der Waals surface area (Å²) in [4.78, 5) is 28.0. The van der Waals surface area contributed by atoms with Crippen molar-refractivity contribution in [3.8, 4) is 0 Å². The molecule has 0 unspecified atom stereocenters. The Bertz CT molecular complexity index is 454. The molecule has 19 heavy (non-hydrogen) atoms. The van der Waals surface area contributed by atoms with Crippen molar-refractivity contribution >= 4 is 23.2 Å². The number of hydrogen-bond donors (Lipinski definition) is 0. The molecule has 1 aromatic rings. The molecule has 1 fully saturated rings. The molecule has 0 saturated carbocycles. The third kappa shape index (κ3) is 3.15. The number of rotatable bonds is 1. The molecule has 0 N–H and O–H groups in total. The Morgan fingerprint density at radius 1 is 1.11 bits per heavy atom. The molecule has 4 nitrogen and oxygen atoms in total. The summed E-state index contributed by atoms with van der Waals surface area (Å²) in [5.74, 6) is 0.235. The van der Waals surface area contributed by atoms with E-state index in [1.54, 1.807) is 0 Å². The molecule has 2 amide bonds. The van der Waals surface area contributed by atoms with Crippen molar-refractivity contribution in [2.24, 2.45) is 5.41 Å². The maximum atomic E-state index is 12.2. The molecule has 0 atom stereocenters. The van der Waals surface area contributed by atoms with Crippen LogP contribution in [-0.2, 0) is 4.79 Å². The van der Waals surface area contributed by atoms with Gasteiger partial charge < -0.3 is 9.80 Å². The van der Waals surface area contributed by atoms with E-state index in [1.165, 1.54) is 11.3 Å². The fraction of sp³-hybridized carbons (Fsp3) is 0.571. The van der Waals surface area contributed by atoms with Gasteiger partial charge in [0.15, 0.2) is 0 Å². The molecular formula is C14H20N2O2S. The molecule has 1 saturated heterocycles. The molecular weight excluding hydrogens is 260 g/mol. The second kappa shape index (κ2) is 5.33. The zero-order valence-electron chi connectivity index (χ0n) is 11.7. The molecule has 0 aliphatic carbocycles. The van der Waals surface area contributed by atoms with Gasteiger partial charge in [-0.25, -0.2) is 0 Å². The van der Waals surface area contributed by atoms with Gasteiger partial charge in [0.2, 0.25) is 5.91 Å². The standard InChI is InChI=1S/C14H20N2O2S/c1-14(2,3)13(18)16-7-5-15(6-8-16)12(17)11-4-9-19-10-11/h4,9-10H,5-8H2,1-3H3. The Labute approximate surface area is 118 Å². The summed E-state index contributed by atoms with van der Waals surface area (Å²) in [7, 11) is 0. The first-order valence-corrected chi connectivity index (χ1v) is 7.45. The normalized spacial score (nSPS) is 16.6. The van der Waals surface area contributed by atoms with Gasteiger partial charge in [0, 0.05) is 37.0 Å². The highest BCUT2D eigenvalue weighted by atomic mass is 32.1. The van der Waals surface area contributed by atoms with Crippen molar-refractivity contribution in [1.82, 2.24) is 9.80 Å². The third-order valence-corrected chi connectivity index (χ3v) is 3.95. The fourth-order valence-corrected chi connectivity index (χ4v) is 2.79. The van der Waals surface area contributed by atoms with E-state index in [9.17, 15) is 9.59 Å². The quantitative estimate of drug-likeness (QED) is 0.790. The maximum Gasteiger partial charge on any atom is 0.254 e. The first-order chi connectivity index (χ1) is 8.89. The highest BCUT2D eigenvalue weighted by Crippen LogP contribution is 2.19. The lowest BCUT2D eigenvalue weighted by Crippen LogP contribution is -2.53. The summed E-state index contributed by atoms with van der Waals surface area (Å²) in [6.45, 7) is 8.29. The first-order valence-electron chi connectivity index (χ1n) is 6.50. The molecule has 0 bridgehead atoms. The SMILES string of the molecule is CC(C)(C)C(=O)N1CCN(C(=O)c2ccsc2)CC1. The van der Waals surface area contributed by atoms with Gasteiger partial charge in [-0.2, -0.15) is 11.3 Å². The van der Waals surface area contributed by atoms with Crippen molar-refractivity contribution in [2.75, 3.05) is 26.2 Å². The monoisotopic (exact) mass is 280 g/mol. The Kier molecular flexibility index (Phi) is 3.94. The van der Waals surface area contributed by atoms with E-state index in [0.29, 0.717) is 26.2 Å². The molecule has 0 spiro atoms. The summed E-state index contributed by atoms with van der Waals surface area (Å²) in [6.07, 6.45) is 0. The molecule has 104 valence electrons. The summed E-state index contributed by atoms with van der Waals surface area (Å²) in [5, 5.41) is 3.78. The number of piperazine rings is 1. The Balaban J connectivity index is 1.93. The molecule has 1 aliphatic rings. The van der Waals surface area contributed by atoms with Crippen molar-refractivity contribution in [2.45, 2.75) is 20.8 Å². The number of thiophene rings is 1. The van der Waals surface area contributed by atoms with Gasteiger partial charge in [-0.05, 0) is 11.4 Å². The second-order valence-corrected chi connectivity index (χ2v) is 6.63. The lowest BCUT2D eigenvalue weighted by molar-refractivity contribution is -0.140. The van der Waals surface area contributed by atoms with Crippen LogP contribution in [0.1, 0.15) is 31.1 Å². The fourth-order valence-electron chi connectivity index (χ4n) is 2.16. The van der Waals surface area contributed by atoms with Crippen LogP contribution in [0.3, 0.4) is 0 Å². The van der Waals surface area contributed by atoms with Crippen LogP contribution < -0.4 is 0 Å². The van der Waals surface area contributed by atoms with Crippen LogP contribution in [0.5, 0.6) is 0 Å². The predicted octanol–water partition coefficient (Wildman–Crippen LogP) is 2.08. The van der Waals surface area contributed by atoms with Crippen LogP contribution in [0, 0.1) is 5.41 Å². The van der Waals surface area contributed by atoms with E-state index in [2.05, 4.69) is 0 Å². The average Bonchev–Trinajstić information content (AvgIpc) is 2.90. The average molecular weight is 280 g/mol. The van der Waals surface area contributed by atoms with Gasteiger partial charge in [-0.15, -0.1) is 0 Å². The van der Waals surface area contributed by atoms with E-state index >= 15 is 0 Å². The Morgan fingerprint density at radius 3 is 2.16 bits per heavy atom. The minimum absolute atomic E-state index is 0.0732. The largest absolute Gasteiger partial charge is 0.339 e. The van der Waals surface area contributed by atoms with E-state index in [0.717, 1.165) is 5.56 Å². The lowest BCUT2D eigenvalue weighted by atomic mass is 9.94. The maximum absolute atomic E-state index is 12.2. The summed E-state index contributed by atoms with van der Waals surface area (Å²) >= 11 is 1.53. The molecule has 1 aliphatic heterocycles. The minimum Gasteiger partial charge on any atom is -0.339 e. The van der Waals surface area contributed by atoms with E-state index < -0.39 is 0 Å². The van der Waals surface area contributed by atoms with Crippen molar-refractivity contribution in [3.05, 3.63) is 22.4 Å². The van der Waals surface area contributed by atoms with Gasteiger partial charge in [-0.3, -0.25) is 9.59 Å². The van der Waals surface area contributed by atoms with E-state index in [4.69, 9.17) is 0 Å². The zero-order chi connectivity index (χ0) is 14.0. The molecule has 1 aromatic heterocycles. The lowest BCUT2D eigenvalue weighted by Gasteiger charge is -2.37. The van der Waals surface area contributed by atoms with Crippen LogP contribution in [-0.4, -0.2) is 47.8 Å². The smallest absolute Gasteiger partial charge is 0.254 e. The van der Waals surface area contributed by atoms with Crippen LogP contribution in [0.25, 0.3) is 0 Å². The van der Waals surface area contributed by atoms with Gasteiger partial charge >= 0.3 is 0 Å². The molecule has 2 heterocycles. The topological polar surface area (TPSA) is 40.6 Å². The minimum atomic E-state index is -0.348. The zero-order valence-corrected chi connectivity index (χ0v) is 12.5. The first kappa shape index (κ1) is 14.1.